The molecule has 0 aromatic rings. The van der Waals surface area contributed by atoms with Crippen molar-refractivity contribution >= 4 is 23.6 Å². The van der Waals surface area contributed by atoms with Crippen molar-refractivity contribution in [2.75, 3.05) is 20.7 Å². The van der Waals surface area contributed by atoms with Crippen molar-refractivity contribution < 1.29 is 48.0 Å². The van der Waals surface area contributed by atoms with Crippen LogP contribution in [0, 0.1) is 23.7 Å². The van der Waals surface area contributed by atoms with E-state index in [-0.39, 0.29) is 37.4 Å². The van der Waals surface area contributed by atoms with Gasteiger partial charge in [0.2, 0.25) is 0 Å². The SMILES string of the molecule is C=CCO[C@]1(C)C[C@@H](C)C(=O)[C@H](C)[C@H]2NC(=O)O[C@]2(C)C(CC)OC(=O)[C@H](C)C(=O)[C@H](C)[C@H]1O[C@@H]1O[C@H](C)C[C@H](N(C)C)[C@H]1O. The molecule has 0 radical (unpaired) electrons. The van der Waals surface area contributed by atoms with Crippen molar-refractivity contribution in [1.29, 1.82) is 0 Å². The molecule has 0 spiro atoms. The van der Waals surface area contributed by atoms with Gasteiger partial charge < -0.3 is 39.0 Å². The maximum Gasteiger partial charge on any atom is 0.408 e. The maximum absolute atomic E-state index is 14.1. The number of aliphatic hydroxyl groups excluding tert-OH is 1. The molecular weight excluding hydrogens is 584 g/mol. The lowest BCUT2D eigenvalue weighted by molar-refractivity contribution is -0.296. The van der Waals surface area contributed by atoms with Crippen LogP contribution in [-0.4, -0.2) is 108 Å². The molecule has 0 aromatic heterocycles. The number of nitrogens with one attached hydrogen (secondary N) is 1. The van der Waals surface area contributed by atoms with Crippen LogP contribution in [0.2, 0.25) is 0 Å². The summed E-state index contributed by atoms with van der Waals surface area (Å²) in [5.74, 6) is -4.94. The highest BCUT2D eigenvalue weighted by atomic mass is 16.7. The van der Waals surface area contributed by atoms with Crippen molar-refractivity contribution in [3.8, 4) is 0 Å². The third-order valence-electron chi connectivity index (χ3n) is 9.99. The Kier molecular flexibility index (Phi) is 12.0. The van der Waals surface area contributed by atoms with Crippen LogP contribution in [0.3, 0.4) is 0 Å². The van der Waals surface area contributed by atoms with E-state index < -0.39 is 83.4 Å². The fraction of sp³-hybridized carbons (Fsp3) is 0.818. The summed E-state index contributed by atoms with van der Waals surface area (Å²) in [6.45, 7) is 17.5. The number of carbonyl (C=O) groups excluding carboxylic acids is 4. The molecule has 13 atom stereocenters. The van der Waals surface area contributed by atoms with Gasteiger partial charge in [-0.25, -0.2) is 4.79 Å². The molecule has 2 N–H and O–H groups in total. The van der Waals surface area contributed by atoms with Gasteiger partial charge in [-0.1, -0.05) is 33.8 Å². The van der Waals surface area contributed by atoms with E-state index in [0.717, 1.165) is 0 Å². The lowest BCUT2D eigenvalue weighted by Gasteiger charge is -2.47. The fourth-order valence-electron chi connectivity index (χ4n) is 7.38. The Morgan fingerprint density at radius 3 is 2.29 bits per heavy atom. The number of Topliss-reactive ketones (excluding diaryl/α,β-unsaturated/α-hetero) is 2. The van der Waals surface area contributed by atoms with E-state index in [0.29, 0.717) is 6.42 Å². The minimum atomic E-state index is -1.35. The van der Waals surface area contributed by atoms with E-state index >= 15 is 0 Å². The molecule has 1 amide bonds. The summed E-state index contributed by atoms with van der Waals surface area (Å²) in [4.78, 5) is 56.1. The van der Waals surface area contributed by atoms with E-state index in [1.54, 1.807) is 47.6 Å². The van der Waals surface area contributed by atoms with E-state index in [1.807, 2.05) is 25.9 Å². The molecule has 12 nitrogen and oxygen atoms in total. The smallest absolute Gasteiger partial charge is 0.408 e. The van der Waals surface area contributed by atoms with Crippen molar-refractivity contribution in [3.63, 3.8) is 0 Å². The minimum Gasteiger partial charge on any atom is -0.458 e. The molecule has 3 heterocycles. The second-order valence-electron chi connectivity index (χ2n) is 13.8. The average Bonchev–Trinajstić information content (AvgIpc) is 3.30. The second kappa shape index (κ2) is 14.6. The Hall–Kier alpha value is -2.38. The predicted octanol–water partition coefficient (Wildman–Crippen LogP) is 3.03. The van der Waals surface area contributed by atoms with E-state index in [1.165, 1.54) is 6.92 Å². The van der Waals surface area contributed by atoms with Crippen molar-refractivity contribution in [2.45, 2.75) is 129 Å². The zero-order valence-electron chi connectivity index (χ0n) is 28.5. The number of fused-ring (bicyclic) bond motifs is 1. The number of esters is 1. The van der Waals surface area contributed by atoms with E-state index in [4.69, 9.17) is 23.7 Å². The van der Waals surface area contributed by atoms with Gasteiger partial charge in [0.1, 0.15) is 23.9 Å². The van der Waals surface area contributed by atoms with Gasteiger partial charge in [0.15, 0.2) is 17.7 Å². The number of aliphatic hydroxyl groups is 1. The topological polar surface area (TPSA) is 150 Å². The van der Waals surface area contributed by atoms with E-state index in [2.05, 4.69) is 11.9 Å². The molecule has 3 fully saturated rings. The van der Waals surface area contributed by atoms with Crippen molar-refractivity contribution in [2.24, 2.45) is 23.7 Å². The molecule has 0 aliphatic carbocycles. The first-order valence-electron chi connectivity index (χ1n) is 16.1. The number of ether oxygens (including phenoxy) is 5. The normalized spacial score (nSPS) is 43.6. The highest BCUT2D eigenvalue weighted by molar-refractivity contribution is 6.00. The van der Waals surface area contributed by atoms with Crippen LogP contribution in [-0.2, 0) is 38.1 Å². The number of ketones is 2. The number of likely N-dealkylation sites (N-methyl/N-ethyl adjacent to an activating group) is 1. The number of hydrogen-bond acceptors (Lipinski definition) is 11. The molecule has 0 aromatic carbocycles. The van der Waals surface area contributed by atoms with Crippen LogP contribution in [0.15, 0.2) is 12.7 Å². The molecule has 0 saturated carbocycles. The molecular formula is C33H54N2O10. The summed E-state index contributed by atoms with van der Waals surface area (Å²) in [6, 6.07) is -1.07. The van der Waals surface area contributed by atoms with Crippen LogP contribution in [0.5, 0.6) is 0 Å². The van der Waals surface area contributed by atoms with Gasteiger partial charge in [-0.15, -0.1) is 6.58 Å². The third-order valence-corrected chi connectivity index (χ3v) is 9.99. The lowest BCUT2D eigenvalue weighted by Crippen LogP contribution is -2.60. The van der Waals surface area contributed by atoms with Gasteiger partial charge in [-0.05, 0) is 61.1 Å². The summed E-state index contributed by atoms with van der Waals surface area (Å²) in [5.41, 5.74) is -2.63. The third kappa shape index (κ3) is 7.62. The summed E-state index contributed by atoms with van der Waals surface area (Å²) in [6.07, 6.45) is -2.57. The summed E-state index contributed by atoms with van der Waals surface area (Å²) < 4.78 is 30.6. The Bertz CT molecular complexity index is 1120. The summed E-state index contributed by atoms with van der Waals surface area (Å²) >= 11 is 0. The zero-order valence-corrected chi connectivity index (χ0v) is 28.5. The highest BCUT2D eigenvalue weighted by Crippen LogP contribution is 2.40. The molecule has 45 heavy (non-hydrogen) atoms. The summed E-state index contributed by atoms with van der Waals surface area (Å²) in [5, 5.41) is 14.1. The first-order valence-corrected chi connectivity index (χ1v) is 16.1. The van der Waals surface area contributed by atoms with Gasteiger partial charge in [0.25, 0.3) is 0 Å². The van der Waals surface area contributed by atoms with Crippen LogP contribution in [0.1, 0.15) is 74.7 Å². The molecule has 3 aliphatic rings. The quantitative estimate of drug-likeness (QED) is 0.241. The Balaban J connectivity index is 2.14. The first kappa shape index (κ1) is 37.1. The number of hydrogen-bond donors (Lipinski definition) is 2. The molecule has 0 bridgehead atoms. The maximum atomic E-state index is 14.1. The molecule has 3 rings (SSSR count). The molecule has 3 aliphatic heterocycles. The number of cyclic esters (lactones) is 1. The summed E-state index contributed by atoms with van der Waals surface area (Å²) in [7, 11) is 3.73. The number of amides is 1. The van der Waals surface area contributed by atoms with Crippen molar-refractivity contribution in [1.82, 2.24) is 10.2 Å². The number of alkyl carbamates (subject to hydrolysis) is 1. The second-order valence-corrected chi connectivity index (χ2v) is 13.8. The van der Waals surface area contributed by atoms with E-state index in [9.17, 15) is 24.3 Å². The minimum absolute atomic E-state index is 0.0822. The molecule has 1 unspecified atom stereocenters. The van der Waals surface area contributed by atoms with Crippen LogP contribution in [0.4, 0.5) is 4.79 Å². The molecule has 12 heteroatoms. The van der Waals surface area contributed by atoms with Crippen molar-refractivity contribution in [3.05, 3.63) is 12.7 Å². The standard InChI is InChI=1S/C33H54N2O10/c1-12-14-41-32(8)16-17(3)24(36)19(5)27-33(9,45-31(40)34-27)23(13-2)43-29(39)21(7)25(37)20(6)28(32)44-30-26(38)22(35(10)11)15-18(4)42-30/h12,17-23,26-28,30,38H,1,13-16H2,2-11H3,(H,34,40)/t17-,18-,19+,20+,21-,22+,23?,26-,27-,28-,30+,32-,33-/m1/s1. The van der Waals surface area contributed by atoms with Gasteiger partial charge in [-0.2, -0.15) is 0 Å². The number of rotatable bonds is 7. The Morgan fingerprint density at radius 1 is 1.07 bits per heavy atom. The van der Waals surface area contributed by atoms with Gasteiger partial charge in [-0.3, -0.25) is 14.4 Å². The zero-order chi connectivity index (χ0) is 34.0. The predicted molar refractivity (Wildman–Crippen MR) is 165 cm³/mol. The van der Waals surface area contributed by atoms with Gasteiger partial charge >= 0.3 is 12.1 Å². The molecule has 3 saturated heterocycles. The van der Waals surface area contributed by atoms with Crippen LogP contribution < -0.4 is 5.32 Å². The fourth-order valence-corrected chi connectivity index (χ4v) is 7.38. The van der Waals surface area contributed by atoms with Gasteiger partial charge in [0.05, 0.1) is 30.5 Å². The number of nitrogens with zero attached hydrogens (tertiary/aromatic N) is 1. The highest BCUT2D eigenvalue weighted by Gasteiger charge is 2.57. The monoisotopic (exact) mass is 638 g/mol. The molecule has 256 valence electrons. The van der Waals surface area contributed by atoms with Crippen LogP contribution >= 0.6 is 0 Å². The first-order chi connectivity index (χ1) is 20.9. The lowest BCUT2D eigenvalue weighted by atomic mass is 9.73. The van der Waals surface area contributed by atoms with Crippen LogP contribution in [0.25, 0.3) is 0 Å². The Morgan fingerprint density at radius 2 is 1.71 bits per heavy atom. The van der Waals surface area contributed by atoms with Gasteiger partial charge in [0, 0.05) is 23.8 Å². The average molecular weight is 639 g/mol. The number of carbonyl (C=O) groups is 4. The largest absolute Gasteiger partial charge is 0.458 e. The Labute approximate surface area is 267 Å².